The molecule has 88 valence electrons. The predicted molar refractivity (Wildman–Crippen MR) is 60.4 cm³/mol. The first-order valence-corrected chi connectivity index (χ1v) is 5.08. The molecule has 0 saturated heterocycles. The molecule has 0 unspecified atom stereocenters. The van der Waals surface area contributed by atoms with E-state index in [4.69, 9.17) is 0 Å². The van der Waals surface area contributed by atoms with E-state index in [-0.39, 0.29) is 11.7 Å². The summed E-state index contributed by atoms with van der Waals surface area (Å²) >= 11 is 0. The maximum atomic E-state index is 11.7. The van der Waals surface area contributed by atoms with Crippen LogP contribution < -0.4 is 5.32 Å². The molecule has 6 heteroatoms. The molecule has 0 spiro atoms. The van der Waals surface area contributed by atoms with Gasteiger partial charge >= 0.3 is 0 Å². The van der Waals surface area contributed by atoms with Gasteiger partial charge in [0.2, 0.25) is 0 Å². The third kappa shape index (κ3) is 2.60. The van der Waals surface area contributed by atoms with Gasteiger partial charge in [-0.25, -0.2) is 0 Å². The summed E-state index contributed by atoms with van der Waals surface area (Å²) in [5.74, 6) is -0.314. The van der Waals surface area contributed by atoms with E-state index in [1.165, 1.54) is 18.5 Å². The number of nitrogens with one attached hydrogen (secondary N) is 2. The van der Waals surface area contributed by atoms with Gasteiger partial charge in [-0.3, -0.25) is 14.9 Å². The standard InChI is InChI=1S/C11H12N4O2/c1-7-9(5-14-15-7)4-13-11(17)8-2-10(16)6-12-3-8/h2-3,5-6,16H,4H2,1H3,(H,13,17)(H,14,15). The summed E-state index contributed by atoms with van der Waals surface area (Å²) in [5.41, 5.74) is 2.16. The zero-order chi connectivity index (χ0) is 12.3. The first kappa shape index (κ1) is 11.1. The number of hydrogen-bond acceptors (Lipinski definition) is 4. The van der Waals surface area contributed by atoms with Crippen LogP contribution in [0.25, 0.3) is 0 Å². The Balaban J connectivity index is 2.01. The van der Waals surface area contributed by atoms with Crippen LogP contribution in [0.1, 0.15) is 21.6 Å². The summed E-state index contributed by atoms with van der Waals surface area (Å²) in [6.45, 7) is 2.27. The molecule has 2 rings (SSSR count). The smallest absolute Gasteiger partial charge is 0.253 e. The second-order valence-corrected chi connectivity index (χ2v) is 3.63. The molecular weight excluding hydrogens is 220 g/mol. The molecular formula is C11H12N4O2. The Morgan fingerprint density at radius 1 is 1.47 bits per heavy atom. The van der Waals surface area contributed by atoms with Crippen LogP contribution in [-0.2, 0) is 6.54 Å². The van der Waals surface area contributed by atoms with Crippen molar-refractivity contribution >= 4 is 5.91 Å². The van der Waals surface area contributed by atoms with Gasteiger partial charge < -0.3 is 10.4 Å². The molecule has 0 aliphatic rings. The van der Waals surface area contributed by atoms with Crippen LogP contribution in [0.15, 0.2) is 24.7 Å². The highest BCUT2D eigenvalue weighted by Gasteiger charge is 2.07. The van der Waals surface area contributed by atoms with E-state index in [9.17, 15) is 9.90 Å². The van der Waals surface area contributed by atoms with E-state index < -0.39 is 0 Å². The van der Waals surface area contributed by atoms with E-state index in [0.29, 0.717) is 12.1 Å². The lowest BCUT2D eigenvalue weighted by Gasteiger charge is -2.04. The molecule has 0 aliphatic heterocycles. The average molecular weight is 232 g/mol. The molecule has 0 bridgehead atoms. The molecule has 0 atom stereocenters. The molecule has 1 amide bonds. The zero-order valence-electron chi connectivity index (χ0n) is 9.27. The molecule has 2 aromatic rings. The van der Waals surface area contributed by atoms with Gasteiger partial charge in [0.25, 0.3) is 5.91 Å². The van der Waals surface area contributed by atoms with Crippen LogP contribution in [0.2, 0.25) is 0 Å². The molecule has 17 heavy (non-hydrogen) atoms. The maximum absolute atomic E-state index is 11.7. The lowest BCUT2D eigenvalue weighted by Crippen LogP contribution is -2.23. The van der Waals surface area contributed by atoms with Crippen molar-refractivity contribution in [1.82, 2.24) is 20.5 Å². The molecule has 3 N–H and O–H groups in total. The summed E-state index contributed by atoms with van der Waals surface area (Å²) in [4.78, 5) is 15.4. The third-order valence-electron chi connectivity index (χ3n) is 2.36. The zero-order valence-corrected chi connectivity index (χ0v) is 9.27. The van der Waals surface area contributed by atoms with Crippen molar-refractivity contribution in [3.63, 3.8) is 0 Å². The second kappa shape index (κ2) is 4.65. The average Bonchev–Trinajstić information content (AvgIpc) is 2.72. The normalized spacial score (nSPS) is 10.2. The lowest BCUT2D eigenvalue weighted by molar-refractivity contribution is 0.0950. The summed E-state index contributed by atoms with van der Waals surface area (Å²) in [6.07, 6.45) is 4.34. The molecule has 0 aromatic carbocycles. The Kier molecular flexibility index (Phi) is 3.04. The minimum atomic E-state index is -0.283. The van der Waals surface area contributed by atoms with E-state index in [0.717, 1.165) is 11.3 Å². The first-order chi connectivity index (χ1) is 8.16. The number of carbonyl (C=O) groups excluding carboxylic acids is 1. The van der Waals surface area contributed by atoms with Crippen molar-refractivity contribution < 1.29 is 9.90 Å². The number of aromatic hydroxyl groups is 1. The SMILES string of the molecule is Cc1[nH]ncc1CNC(=O)c1cncc(O)c1. The number of aryl methyl sites for hydroxylation is 1. The number of hydrogen-bond donors (Lipinski definition) is 3. The monoisotopic (exact) mass is 232 g/mol. The van der Waals surface area contributed by atoms with Crippen molar-refractivity contribution in [2.45, 2.75) is 13.5 Å². The number of nitrogens with zero attached hydrogens (tertiary/aromatic N) is 2. The van der Waals surface area contributed by atoms with Gasteiger partial charge in [-0.2, -0.15) is 5.10 Å². The predicted octanol–water partition coefficient (Wildman–Crippen LogP) is 0.749. The molecule has 0 aliphatic carbocycles. The maximum Gasteiger partial charge on any atom is 0.253 e. The molecule has 2 aromatic heterocycles. The van der Waals surface area contributed by atoms with E-state index in [1.807, 2.05) is 6.92 Å². The quantitative estimate of drug-likeness (QED) is 0.728. The fourth-order valence-corrected chi connectivity index (χ4v) is 1.38. The minimum absolute atomic E-state index is 0.0304. The third-order valence-corrected chi connectivity index (χ3v) is 2.36. The van der Waals surface area contributed by atoms with Gasteiger partial charge in [-0.05, 0) is 13.0 Å². The molecule has 0 fully saturated rings. The van der Waals surface area contributed by atoms with E-state index in [2.05, 4.69) is 20.5 Å². The Morgan fingerprint density at radius 2 is 2.29 bits per heavy atom. The Bertz CT molecular complexity index is 536. The van der Waals surface area contributed by atoms with Crippen LogP contribution in [0, 0.1) is 6.92 Å². The van der Waals surface area contributed by atoms with Gasteiger partial charge in [0.05, 0.1) is 18.0 Å². The van der Waals surface area contributed by atoms with Gasteiger partial charge in [0, 0.05) is 24.0 Å². The summed E-state index contributed by atoms with van der Waals surface area (Å²) < 4.78 is 0. The van der Waals surface area contributed by atoms with Gasteiger partial charge in [0.1, 0.15) is 5.75 Å². The van der Waals surface area contributed by atoms with Crippen LogP contribution in [0.5, 0.6) is 5.75 Å². The summed E-state index contributed by atoms with van der Waals surface area (Å²) in [6, 6.07) is 1.37. The number of H-pyrrole nitrogens is 1. The van der Waals surface area contributed by atoms with Gasteiger partial charge in [0.15, 0.2) is 0 Å². The highest BCUT2D eigenvalue weighted by molar-refractivity contribution is 5.94. The molecule has 6 nitrogen and oxygen atoms in total. The second-order valence-electron chi connectivity index (χ2n) is 3.63. The van der Waals surface area contributed by atoms with Gasteiger partial charge in [-0.15, -0.1) is 0 Å². The van der Waals surface area contributed by atoms with Crippen LogP contribution in [0.4, 0.5) is 0 Å². The lowest BCUT2D eigenvalue weighted by atomic mass is 10.2. The van der Waals surface area contributed by atoms with Crippen LogP contribution in [0.3, 0.4) is 0 Å². The number of amides is 1. The van der Waals surface area contributed by atoms with Crippen LogP contribution in [-0.4, -0.2) is 26.2 Å². The van der Waals surface area contributed by atoms with Crippen LogP contribution >= 0.6 is 0 Å². The Labute approximate surface area is 97.7 Å². The van der Waals surface area contributed by atoms with E-state index >= 15 is 0 Å². The number of pyridine rings is 1. The molecule has 0 saturated carbocycles. The van der Waals surface area contributed by atoms with Crippen molar-refractivity contribution in [2.75, 3.05) is 0 Å². The number of aromatic amines is 1. The largest absolute Gasteiger partial charge is 0.506 e. The highest BCUT2D eigenvalue weighted by atomic mass is 16.3. The molecule has 0 radical (unpaired) electrons. The van der Waals surface area contributed by atoms with Crippen molar-refractivity contribution in [1.29, 1.82) is 0 Å². The van der Waals surface area contributed by atoms with E-state index in [1.54, 1.807) is 6.20 Å². The highest BCUT2D eigenvalue weighted by Crippen LogP contribution is 2.08. The number of carbonyl (C=O) groups is 1. The fraction of sp³-hybridized carbons (Fsp3) is 0.182. The minimum Gasteiger partial charge on any atom is -0.506 e. The van der Waals surface area contributed by atoms with Crippen molar-refractivity contribution in [3.05, 3.63) is 41.5 Å². The Hall–Kier alpha value is -2.37. The van der Waals surface area contributed by atoms with Gasteiger partial charge in [-0.1, -0.05) is 0 Å². The van der Waals surface area contributed by atoms with Crippen molar-refractivity contribution in [2.24, 2.45) is 0 Å². The number of rotatable bonds is 3. The summed E-state index contributed by atoms with van der Waals surface area (Å²) in [7, 11) is 0. The van der Waals surface area contributed by atoms with Crippen molar-refractivity contribution in [3.8, 4) is 5.75 Å². The summed E-state index contributed by atoms with van der Waals surface area (Å²) in [5, 5.41) is 18.6. The number of aromatic nitrogens is 3. The molecule has 2 heterocycles. The Morgan fingerprint density at radius 3 is 2.94 bits per heavy atom. The topological polar surface area (TPSA) is 90.9 Å². The fourth-order valence-electron chi connectivity index (χ4n) is 1.38. The first-order valence-electron chi connectivity index (χ1n) is 5.08.